The Morgan fingerprint density at radius 1 is 1.00 bits per heavy atom. The minimum absolute atomic E-state index is 0.0540. The van der Waals surface area contributed by atoms with Gasteiger partial charge in [0.2, 0.25) is 5.91 Å². The van der Waals surface area contributed by atoms with Crippen LogP contribution >= 0.6 is 0 Å². The summed E-state index contributed by atoms with van der Waals surface area (Å²) in [6.07, 6.45) is 2.54. The molecule has 0 aliphatic carbocycles. The Hall–Kier alpha value is -3.61. The molecule has 3 rings (SSSR count). The van der Waals surface area contributed by atoms with Gasteiger partial charge in [0.25, 0.3) is 5.56 Å². The number of methoxy groups -OCH3 is 2. The van der Waals surface area contributed by atoms with Gasteiger partial charge in [0, 0.05) is 31.1 Å². The van der Waals surface area contributed by atoms with Crippen LogP contribution in [0.1, 0.15) is 12.0 Å². The summed E-state index contributed by atoms with van der Waals surface area (Å²) in [6, 6.07) is 16.5. The second-order valence-corrected chi connectivity index (χ2v) is 6.73. The van der Waals surface area contributed by atoms with Crippen molar-refractivity contribution < 1.29 is 14.3 Å². The van der Waals surface area contributed by atoms with Crippen LogP contribution in [0.25, 0.3) is 11.3 Å². The first-order chi connectivity index (χ1) is 14.6. The number of carbonyl (C=O) groups is 1. The number of amides is 1. The highest BCUT2D eigenvalue weighted by Crippen LogP contribution is 2.19. The number of benzene rings is 2. The molecule has 30 heavy (non-hydrogen) atoms. The Morgan fingerprint density at radius 3 is 2.23 bits per heavy atom. The summed E-state index contributed by atoms with van der Waals surface area (Å²) in [7, 11) is 3.22. The molecule has 0 unspecified atom stereocenters. The maximum Gasteiger partial charge on any atom is 0.253 e. The van der Waals surface area contributed by atoms with Crippen LogP contribution in [0, 0.1) is 0 Å². The van der Waals surface area contributed by atoms with Gasteiger partial charge in [0.05, 0.1) is 26.2 Å². The summed E-state index contributed by atoms with van der Waals surface area (Å²) < 4.78 is 11.7. The van der Waals surface area contributed by atoms with Gasteiger partial charge in [-0.1, -0.05) is 12.1 Å². The van der Waals surface area contributed by atoms with Gasteiger partial charge in [0.15, 0.2) is 0 Å². The topological polar surface area (TPSA) is 82.4 Å². The van der Waals surface area contributed by atoms with Crippen molar-refractivity contribution in [1.82, 2.24) is 14.9 Å². The molecule has 0 saturated heterocycles. The van der Waals surface area contributed by atoms with E-state index in [4.69, 9.17) is 9.47 Å². The number of aryl methyl sites for hydroxylation is 1. The molecular weight excluding hydrogens is 382 g/mol. The lowest BCUT2D eigenvalue weighted by Crippen LogP contribution is -2.30. The van der Waals surface area contributed by atoms with E-state index in [1.165, 1.54) is 17.0 Å². The van der Waals surface area contributed by atoms with Gasteiger partial charge in [-0.05, 0) is 48.4 Å². The summed E-state index contributed by atoms with van der Waals surface area (Å²) >= 11 is 0. The number of carbonyl (C=O) groups excluding carboxylic acids is 1. The first kappa shape index (κ1) is 21.1. The largest absolute Gasteiger partial charge is 0.497 e. The highest BCUT2D eigenvalue weighted by molar-refractivity contribution is 5.76. The van der Waals surface area contributed by atoms with Gasteiger partial charge in [-0.3, -0.25) is 14.2 Å². The molecule has 2 aromatic carbocycles. The lowest BCUT2D eigenvalue weighted by atomic mass is 10.1. The van der Waals surface area contributed by atoms with Crippen LogP contribution in [0.5, 0.6) is 11.5 Å². The highest BCUT2D eigenvalue weighted by atomic mass is 16.5. The van der Waals surface area contributed by atoms with Crippen LogP contribution in [-0.4, -0.2) is 36.2 Å². The number of nitrogens with one attached hydrogen (secondary N) is 1. The van der Waals surface area contributed by atoms with E-state index in [0.717, 1.165) is 22.6 Å². The molecule has 7 heteroatoms. The molecule has 0 aliphatic rings. The van der Waals surface area contributed by atoms with Gasteiger partial charge in [-0.25, -0.2) is 4.98 Å². The third-order valence-electron chi connectivity index (χ3n) is 4.74. The summed E-state index contributed by atoms with van der Waals surface area (Å²) in [5.41, 5.74) is 2.35. The van der Waals surface area contributed by atoms with Crippen molar-refractivity contribution in [2.75, 3.05) is 20.8 Å². The summed E-state index contributed by atoms with van der Waals surface area (Å²) in [6.45, 7) is 0.730. The van der Waals surface area contributed by atoms with Crippen molar-refractivity contribution in [2.24, 2.45) is 0 Å². The van der Waals surface area contributed by atoms with Crippen LogP contribution in [0.15, 0.2) is 65.7 Å². The second kappa shape index (κ2) is 10.2. The molecule has 0 radical (unpaired) electrons. The predicted molar refractivity (Wildman–Crippen MR) is 115 cm³/mol. The zero-order valence-electron chi connectivity index (χ0n) is 17.1. The monoisotopic (exact) mass is 407 g/mol. The van der Waals surface area contributed by atoms with Gasteiger partial charge in [0.1, 0.15) is 11.5 Å². The highest BCUT2D eigenvalue weighted by Gasteiger charge is 2.06. The smallest absolute Gasteiger partial charge is 0.253 e. The summed E-state index contributed by atoms with van der Waals surface area (Å²) in [4.78, 5) is 28.8. The molecule has 0 fully saturated rings. The maximum atomic E-state index is 12.4. The number of hydrogen-bond acceptors (Lipinski definition) is 5. The third kappa shape index (κ3) is 5.70. The Morgan fingerprint density at radius 2 is 1.63 bits per heavy atom. The first-order valence-corrected chi connectivity index (χ1v) is 9.69. The number of ether oxygens (including phenoxy) is 2. The van der Waals surface area contributed by atoms with Crippen LogP contribution in [0.4, 0.5) is 0 Å². The van der Waals surface area contributed by atoms with Gasteiger partial charge in [-0.2, -0.15) is 0 Å². The zero-order chi connectivity index (χ0) is 21.3. The number of hydrogen-bond donors (Lipinski definition) is 1. The van der Waals surface area contributed by atoms with E-state index >= 15 is 0 Å². The van der Waals surface area contributed by atoms with Gasteiger partial charge < -0.3 is 14.8 Å². The Bertz CT molecular complexity index is 1030. The number of rotatable bonds is 9. The SMILES string of the molecule is COc1ccc(CCC(=O)NCCn2cnc(-c3ccc(OC)cc3)cc2=O)cc1. The normalized spacial score (nSPS) is 10.5. The average molecular weight is 407 g/mol. The predicted octanol–water partition coefficient (Wildman–Crippen LogP) is 2.68. The van der Waals surface area contributed by atoms with Crippen molar-refractivity contribution in [2.45, 2.75) is 19.4 Å². The van der Waals surface area contributed by atoms with E-state index in [2.05, 4.69) is 10.3 Å². The molecule has 7 nitrogen and oxygen atoms in total. The van der Waals surface area contributed by atoms with E-state index in [1.54, 1.807) is 14.2 Å². The third-order valence-corrected chi connectivity index (χ3v) is 4.74. The van der Waals surface area contributed by atoms with E-state index < -0.39 is 0 Å². The number of aromatic nitrogens is 2. The lowest BCUT2D eigenvalue weighted by molar-refractivity contribution is -0.121. The fourth-order valence-electron chi connectivity index (χ4n) is 2.97. The molecule has 3 aromatic rings. The Kier molecular flexibility index (Phi) is 7.21. The summed E-state index contributed by atoms with van der Waals surface area (Å²) in [5.74, 6) is 1.48. The fraction of sp³-hybridized carbons (Fsp3) is 0.261. The van der Waals surface area contributed by atoms with E-state index in [0.29, 0.717) is 31.6 Å². The van der Waals surface area contributed by atoms with Crippen molar-refractivity contribution in [3.8, 4) is 22.8 Å². The number of nitrogens with zero attached hydrogens (tertiary/aromatic N) is 2. The van der Waals surface area contributed by atoms with E-state index in [9.17, 15) is 9.59 Å². The maximum absolute atomic E-state index is 12.4. The van der Waals surface area contributed by atoms with Crippen molar-refractivity contribution >= 4 is 5.91 Å². The zero-order valence-corrected chi connectivity index (χ0v) is 17.1. The van der Waals surface area contributed by atoms with Crippen LogP contribution in [0.2, 0.25) is 0 Å². The molecule has 1 amide bonds. The Labute approximate surface area is 175 Å². The quantitative estimate of drug-likeness (QED) is 0.590. The molecule has 1 N–H and O–H groups in total. The van der Waals surface area contributed by atoms with Crippen molar-refractivity contribution in [3.05, 3.63) is 76.8 Å². The minimum Gasteiger partial charge on any atom is -0.497 e. The fourth-order valence-corrected chi connectivity index (χ4v) is 2.97. The molecule has 0 saturated carbocycles. The minimum atomic E-state index is -0.164. The first-order valence-electron chi connectivity index (χ1n) is 9.69. The van der Waals surface area contributed by atoms with E-state index in [1.807, 2.05) is 48.5 Å². The Balaban J connectivity index is 1.48. The van der Waals surface area contributed by atoms with Crippen LogP contribution in [-0.2, 0) is 17.8 Å². The molecule has 156 valence electrons. The second-order valence-electron chi connectivity index (χ2n) is 6.73. The molecule has 0 aliphatic heterocycles. The van der Waals surface area contributed by atoms with Gasteiger partial charge >= 0.3 is 0 Å². The standard InChI is InChI=1S/C23H25N3O4/c1-29-19-8-3-17(4-9-19)5-12-22(27)24-13-14-26-16-25-21(15-23(26)28)18-6-10-20(30-2)11-7-18/h3-4,6-11,15-16H,5,12-14H2,1-2H3,(H,24,27). The van der Waals surface area contributed by atoms with E-state index in [-0.39, 0.29) is 11.5 Å². The van der Waals surface area contributed by atoms with Gasteiger partial charge in [-0.15, -0.1) is 0 Å². The summed E-state index contributed by atoms with van der Waals surface area (Å²) in [5, 5.41) is 2.85. The lowest BCUT2D eigenvalue weighted by Gasteiger charge is -2.09. The molecule has 0 atom stereocenters. The van der Waals surface area contributed by atoms with Crippen molar-refractivity contribution in [1.29, 1.82) is 0 Å². The van der Waals surface area contributed by atoms with Crippen molar-refractivity contribution in [3.63, 3.8) is 0 Å². The molecule has 0 bridgehead atoms. The van der Waals surface area contributed by atoms with Crippen LogP contribution in [0.3, 0.4) is 0 Å². The molecular formula is C23H25N3O4. The molecule has 0 spiro atoms. The molecule has 1 aromatic heterocycles. The van der Waals surface area contributed by atoms with Crippen LogP contribution < -0.4 is 20.3 Å². The molecule has 1 heterocycles. The average Bonchev–Trinajstić information content (AvgIpc) is 2.79.